The SMILES string of the molecule is O=C1C(Cc2ccccc2)N(Cc2ccnc3ccccc23)C(=O)N1c1ccc(S(=O)(=O)C(F)(F)F)cc1. The van der Waals surface area contributed by atoms with Gasteiger partial charge in [-0.05, 0) is 47.5 Å². The molecule has 1 aliphatic rings. The van der Waals surface area contributed by atoms with Crippen molar-refractivity contribution in [1.29, 1.82) is 0 Å². The van der Waals surface area contributed by atoms with E-state index in [1.807, 2.05) is 54.6 Å². The van der Waals surface area contributed by atoms with Crippen LogP contribution in [0.4, 0.5) is 23.7 Å². The van der Waals surface area contributed by atoms with Gasteiger partial charge in [-0.1, -0.05) is 48.5 Å². The number of sulfone groups is 1. The van der Waals surface area contributed by atoms with Gasteiger partial charge in [0.25, 0.3) is 15.7 Å². The Morgan fingerprint density at radius 2 is 1.50 bits per heavy atom. The number of para-hydroxylation sites is 1. The molecule has 4 aromatic rings. The Balaban J connectivity index is 1.52. The highest BCUT2D eigenvalue weighted by Gasteiger charge is 2.48. The van der Waals surface area contributed by atoms with Crippen LogP contribution in [0.2, 0.25) is 0 Å². The number of urea groups is 1. The van der Waals surface area contributed by atoms with Gasteiger partial charge in [-0.2, -0.15) is 13.2 Å². The fourth-order valence-corrected chi connectivity index (χ4v) is 5.23. The third-order valence-electron chi connectivity index (χ3n) is 6.38. The maximum Gasteiger partial charge on any atom is 0.501 e. The lowest BCUT2D eigenvalue weighted by atomic mass is 10.0. The molecular weight excluding hydrogens is 519 g/mol. The zero-order valence-corrected chi connectivity index (χ0v) is 20.5. The van der Waals surface area contributed by atoms with Crippen LogP contribution < -0.4 is 4.90 Å². The fourth-order valence-electron chi connectivity index (χ4n) is 4.47. The molecule has 1 atom stereocenters. The Bertz CT molecular complexity index is 1620. The molecule has 1 saturated heterocycles. The zero-order chi connectivity index (χ0) is 27.1. The summed E-state index contributed by atoms with van der Waals surface area (Å²) in [6.07, 6.45) is 1.83. The molecule has 38 heavy (non-hydrogen) atoms. The third-order valence-corrected chi connectivity index (χ3v) is 7.88. The quantitative estimate of drug-likeness (QED) is 0.318. The van der Waals surface area contributed by atoms with Crippen molar-refractivity contribution in [2.75, 3.05) is 4.90 Å². The Morgan fingerprint density at radius 3 is 2.18 bits per heavy atom. The van der Waals surface area contributed by atoms with Gasteiger partial charge >= 0.3 is 11.5 Å². The number of nitrogens with zero attached hydrogens (tertiary/aromatic N) is 3. The smallest absolute Gasteiger partial charge is 0.307 e. The van der Waals surface area contributed by atoms with E-state index in [0.717, 1.165) is 51.2 Å². The first-order valence-corrected chi connectivity index (χ1v) is 13.0. The average Bonchev–Trinajstić information content (AvgIpc) is 3.13. The lowest BCUT2D eigenvalue weighted by Crippen LogP contribution is -2.36. The fraction of sp³-hybridized carbons (Fsp3) is 0.148. The van der Waals surface area contributed by atoms with E-state index in [1.165, 1.54) is 4.90 Å². The van der Waals surface area contributed by atoms with Crippen LogP contribution in [0.15, 0.2) is 96.0 Å². The average molecular weight is 540 g/mol. The summed E-state index contributed by atoms with van der Waals surface area (Å²) in [5.41, 5.74) is -3.19. The van der Waals surface area contributed by atoms with E-state index in [0.29, 0.717) is 0 Å². The first kappa shape index (κ1) is 25.4. The summed E-state index contributed by atoms with van der Waals surface area (Å²) >= 11 is 0. The van der Waals surface area contributed by atoms with E-state index in [-0.39, 0.29) is 18.7 Å². The van der Waals surface area contributed by atoms with Crippen molar-refractivity contribution in [2.24, 2.45) is 0 Å². The first-order chi connectivity index (χ1) is 18.1. The summed E-state index contributed by atoms with van der Waals surface area (Å²) in [7, 11) is -5.57. The molecule has 0 N–H and O–H groups in total. The molecule has 1 aliphatic heterocycles. The molecule has 194 valence electrons. The second kappa shape index (κ2) is 9.56. The third kappa shape index (κ3) is 4.49. The van der Waals surface area contributed by atoms with Crippen LogP contribution in [-0.2, 0) is 27.6 Å². The van der Waals surface area contributed by atoms with E-state index in [2.05, 4.69) is 4.98 Å². The molecule has 2 heterocycles. The minimum atomic E-state index is -5.57. The van der Waals surface area contributed by atoms with Crippen molar-refractivity contribution in [1.82, 2.24) is 9.88 Å². The number of fused-ring (bicyclic) bond motifs is 1. The topological polar surface area (TPSA) is 87.7 Å². The van der Waals surface area contributed by atoms with Crippen LogP contribution in [-0.4, -0.2) is 41.8 Å². The van der Waals surface area contributed by atoms with Crippen LogP contribution in [0, 0.1) is 0 Å². The highest BCUT2D eigenvalue weighted by Crippen LogP contribution is 2.34. The summed E-state index contributed by atoms with van der Waals surface area (Å²) in [6.45, 7) is 0.0855. The molecule has 3 aromatic carbocycles. The molecule has 0 bridgehead atoms. The Kier molecular flexibility index (Phi) is 6.39. The van der Waals surface area contributed by atoms with Gasteiger partial charge in [0.1, 0.15) is 6.04 Å². The van der Waals surface area contributed by atoms with Crippen molar-refractivity contribution in [3.05, 3.63) is 102 Å². The van der Waals surface area contributed by atoms with Crippen LogP contribution >= 0.6 is 0 Å². The van der Waals surface area contributed by atoms with Crippen molar-refractivity contribution in [3.63, 3.8) is 0 Å². The van der Waals surface area contributed by atoms with E-state index in [1.54, 1.807) is 12.3 Å². The van der Waals surface area contributed by atoms with Crippen molar-refractivity contribution >= 4 is 38.4 Å². The number of rotatable bonds is 6. The van der Waals surface area contributed by atoms with Gasteiger partial charge in [-0.25, -0.2) is 18.1 Å². The molecule has 1 unspecified atom stereocenters. The Hall–Kier alpha value is -4.25. The van der Waals surface area contributed by atoms with Gasteiger partial charge in [-0.3, -0.25) is 9.78 Å². The standard InChI is InChI=1S/C27H20F3N3O4S/c28-27(29,30)38(36,37)21-12-10-20(11-13-21)33-25(34)24(16-18-6-2-1-3-7-18)32(26(33)35)17-19-14-15-31-23-9-5-4-8-22(19)23/h1-15,24H,16-17H2. The van der Waals surface area contributed by atoms with Gasteiger partial charge in [0.15, 0.2) is 0 Å². The molecule has 0 spiro atoms. The van der Waals surface area contributed by atoms with Crippen LogP contribution in [0.3, 0.4) is 0 Å². The van der Waals surface area contributed by atoms with Crippen LogP contribution in [0.25, 0.3) is 10.9 Å². The summed E-state index contributed by atoms with van der Waals surface area (Å²) < 4.78 is 62.4. The largest absolute Gasteiger partial charge is 0.501 e. The van der Waals surface area contributed by atoms with E-state index in [9.17, 15) is 31.2 Å². The summed E-state index contributed by atoms with van der Waals surface area (Å²) in [6, 6.07) is 20.2. The maximum absolute atomic E-state index is 13.6. The second-order valence-electron chi connectivity index (χ2n) is 8.72. The molecule has 1 aromatic heterocycles. The maximum atomic E-state index is 13.6. The number of carbonyl (C=O) groups excluding carboxylic acids is 2. The summed E-state index contributed by atoms with van der Waals surface area (Å²) in [5.74, 6) is -0.566. The molecule has 5 rings (SSSR count). The number of hydrogen-bond donors (Lipinski definition) is 0. The number of hydrogen-bond acceptors (Lipinski definition) is 5. The lowest BCUT2D eigenvalue weighted by Gasteiger charge is -2.22. The van der Waals surface area contributed by atoms with Gasteiger partial charge in [0, 0.05) is 24.5 Å². The van der Waals surface area contributed by atoms with Crippen molar-refractivity contribution in [2.45, 2.75) is 29.4 Å². The molecule has 0 aliphatic carbocycles. The van der Waals surface area contributed by atoms with Crippen molar-refractivity contribution in [3.8, 4) is 0 Å². The van der Waals surface area contributed by atoms with Gasteiger partial charge in [0.2, 0.25) is 0 Å². The number of anilines is 1. The first-order valence-electron chi connectivity index (χ1n) is 11.5. The molecule has 0 radical (unpaired) electrons. The molecule has 0 saturated carbocycles. The van der Waals surface area contributed by atoms with E-state index >= 15 is 0 Å². The van der Waals surface area contributed by atoms with Crippen LogP contribution in [0.1, 0.15) is 11.1 Å². The molecule has 7 nitrogen and oxygen atoms in total. The predicted octanol–water partition coefficient (Wildman–Crippen LogP) is 5.11. The minimum Gasteiger partial charge on any atom is -0.307 e. The van der Waals surface area contributed by atoms with Crippen LogP contribution in [0.5, 0.6) is 0 Å². The molecule has 11 heteroatoms. The van der Waals surface area contributed by atoms with Gasteiger partial charge < -0.3 is 4.90 Å². The predicted molar refractivity (Wildman–Crippen MR) is 134 cm³/mol. The van der Waals surface area contributed by atoms with Crippen molar-refractivity contribution < 1.29 is 31.2 Å². The number of carbonyl (C=O) groups is 2. The monoisotopic (exact) mass is 539 g/mol. The number of benzene rings is 3. The number of halogens is 3. The minimum absolute atomic E-state index is 0.0266. The number of imide groups is 1. The number of aromatic nitrogens is 1. The zero-order valence-electron chi connectivity index (χ0n) is 19.7. The Labute approximate surface area is 216 Å². The summed E-state index contributed by atoms with van der Waals surface area (Å²) in [5, 5.41) is 0.814. The number of alkyl halides is 3. The van der Waals surface area contributed by atoms with Gasteiger partial charge in [0.05, 0.1) is 16.1 Å². The van der Waals surface area contributed by atoms with E-state index < -0.39 is 38.2 Å². The number of amides is 3. The highest BCUT2D eigenvalue weighted by atomic mass is 32.2. The van der Waals surface area contributed by atoms with Gasteiger partial charge in [-0.15, -0.1) is 0 Å². The second-order valence-corrected chi connectivity index (χ2v) is 10.7. The number of pyridine rings is 1. The van der Waals surface area contributed by atoms with E-state index in [4.69, 9.17) is 0 Å². The molecular formula is C27H20F3N3O4S. The molecule has 3 amide bonds. The Morgan fingerprint density at radius 1 is 0.842 bits per heavy atom. The lowest BCUT2D eigenvalue weighted by molar-refractivity contribution is -0.119. The summed E-state index contributed by atoms with van der Waals surface area (Å²) in [4.78, 5) is 32.8. The molecule has 1 fully saturated rings. The normalized spacial score (nSPS) is 16.4. The highest BCUT2D eigenvalue weighted by molar-refractivity contribution is 7.92.